The summed E-state index contributed by atoms with van der Waals surface area (Å²) < 4.78 is 10.4. The molecule has 110 valence electrons. The van der Waals surface area contributed by atoms with Crippen molar-refractivity contribution in [1.82, 2.24) is 18.5 Å². The average Bonchev–Trinajstić information content (AvgIpc) is 3.06. The average molecular weight is 342 g/mol. The highest BCUT2D eigenvalue weighted by atomic mass is 35.5. The maximum Gasteiger partial charge on any atom is 0.130 e. The maximum atomic E-state index is 6.25. The molecule has 0 fully saturated rings. The van der Waals surface area contributed by atoms with Gasteiger partial charge in [0.2, 0.25) is 0 Å². The van der Waals surface area contributed by atoms with E-state index in [1.165, 1.54) is 0 Å². The van der Waals surface area contributed by atoms with Crippen molar-refractivity contribution in [2.24, 2.45) is 0 Å². The first-order chi connectivity index (χ1) is 10.1. The fourth-order valence-corrected chi connectivity index (χ4v) is 3.16. The SMILES string of the molecule is CC(C)n1ccc(CNc2c(Cl)cc(Cl)c3nsnc23)n1. The largest absolute Gasteiger partial charge is 0.376 e. The zero-order valence-corrected chi connectivity index (χ0v) is 13.8. The van der Waals surface area contributed by atoms with E-state index in [9.17, 15) is 0 Å². The Morgan fingerprint density at radius 2 is 2.00 bits per heavy atom. The number of halogens is 2. The Bertz CT molecular complexity index is 780. The van der Waals surface area contributed by atoms with Crippen LogP contribution in [0.5, 0.6) is 0 Å². The molecule has 1 N–H and O–H groups in total. The van der Waals surface area contributed by atoms with Crippen molar-refractivity contribution in [3.05, 3.63) is 34.1 Å². The number of anilines is 1. The first kappa shape index (κ1) is 14.6. The molecule has 3 aromatic rings. The van der Waals surface area contributed by atoms with Crippen LogP contribution in [0.15, 0.2) is 18.3 Å². The molecule has 0 radical (unpaired) electrons. The molecule has 1 aromatic carbocycles. The molecular formula is C13H13Cl2N5S. The molecule has 0 bridgehead atoms. The lowest BCUT2D eigenvalue weighted by atomic mass is 10.2. The highest BCUT2D eigenvalue weighted by Gasteiger charge is 2.14. The van der Waals surface area contributed by atoms with E-state index in [1.807, 2.05) is 16.9 Å². The van der Waals surface area contributed by atoms with Crippen LogP contribution < -0.4 is 5.32 Å². The quantitative estimate of drug-likeness (QED) is 0.764. The van der Waals surface area contributed by atoms with Crippen molar-refractivity contribution in [2.45, 2.75) is 26.4 Å². The summed E-state index contributed by atoms with van der Waals surface area (Å²) in [6, 6.07) is 4.00. The lowest BCUT2D eigenvalue weighted by Gasteiger charge is -2.08. The molecular weight excluding hydrogens is 329 g/mol. The number of aromatic nitrogens is 4. The van der Waals surface area contributed by atoms with Crippen LogP contribution >= 0.6 is 34.9 Å². The summed E-state index contributed by atoms with van der Waals surface area (Å²) in [4.78, 5) is 0. The van der Waals surface area contributed by atoms with Gasteiger partial charge in [-0.05, 0) is 26.0 Å². The summed E-state index contributed by atoms with van der Waals surface area (Å²) in [5, 5.41) is 8.81. The summed E-state index contributed by atoms with van der Waals surface area (Å²) in [6.07, 6.45) is 1.96. The fraction of sp³-hybridized carbons (Fsp3) is 0.308. The Labute approximate surface area is 136 Å². The number of nitrogens with zero attached hydrogens (tertiary/aromatic N) is 4. The lowest BCUT2D eigenvalue weighted by Crippen LogP contribution is -2.05. The third-order valence-corrected chi connectivity index (χ3v) is 4.20. The van der Waals surface area contributed by atoms with Crippen molar-refractivity contribution in [3.8, 4) is 0 Å². The number of hydrogen-bond acceptors (Lipinski definition) is 5. The van der Waals surface area contributed by atoms with E-state index in [2.05, 4.69) is 33.0 Å². The molecule has 0 saturated carbocycles. The van der Waals surface area contributed by atoms with Gasteiger partial charge in [-0.25, -0.2) is 0 Å². The Morgan fingerprint density at radius 3 is 2.71 bits per heavy atom. The summed E-state index contributed by atoms with van der Waals surface area (Å²) in [7, 11) is 0. The molecule has 0 aliphatic carbocycles. The minimum atomic E-state index is 0.340. The van der Waals surface area contributed by atoms with Crippen LogP contribution in [0.3, 0.4) is 0 Å². The van der Waals surface area contributed by atoms with Crippen LogP contribution in [0.2, 0.25) is 10.0 Å². The first-order valence-corrected chi connectivity index (χ1v) is 7.93. The summed E-state index contributed by atoms with van der Waals surface area (Å²) in [5.41, 5.74) is 3.04. The van der Waals surface area contributed by atoms with Gasteiger partial charge in [0, 0.05) is 12.2 Å². The van der Waals surface area contributed by atoms with Crippen LogP contribution in [-0.2, 0) is 6.54 Å². The van der Waals surface area contributed by atoms with Crippen LogP contribution in [0, 0.1) is 0 Å². The van der Waals surface area contributed by atoms with Crippen LogP contribution in [0.25, 0.3) is 11.0 Å². The molecule has 0 saturated heterocycles. The molecule has 0 atom stereocenters. The number of nitrogens with one attached hydrogen (secondary N) is 1. The molecule has 5 nitrogen and oxygen atoms in total. The van der Waals surface area contributed by atoms with Gasteiger partial charge in [-0.1, -0.05) is 23.2 Å². The normalized spacial score (nSPS) is 11.5. The monoisotopic (exact) mass is 341 g/mol. The summed E-state index contributed by atoms with van der Waals surface area (Å²) in [5.74, 6) is 0. The minimum absolute atomic E-state index is 0.340. The molecule has 8 heteroatoms. The van der Waals surface area contributed by atoms with Gasteiger partial charge in [-0.3, -0.25) is 4.68 Å². The van der Waals surface area contributed by atoms with Crippen molar-refractivity contribution in [1.29, 1.82) is 0 Å². The molecule has 21 heavy (non-hydrogen) atoms. The second kappa shape index (κ2) is 5.79. The molecule has 2 heterocycles. The van der Waals surface area contributed by atoms with Gasteiger partial charge >= 0.3 is 0 Å². The smallest absolute Gasteiger partial charge is 0.130 e. The number of fused-ring (bicyclic) bond motifs is 1. The Kier molecular flexibility index (Phi) is 4.01. The van der Waals surface area contributed by atoms with Crippen molar-refractivity contribution in [3.63, 3.8) is 0 Å². The summed E-state index contributed by atoms with van der Waals surface area (Å²) >= 11 is 13.5. The minimum Gasteiger partial charge on any atom is -0.376 e. The topological polar surface area (TPSA) is 55.6 Å². The van der Waals surface area contributed by atoms with E-state index in [1.54, 1.807) is 6.07 Å². The third-order valence-electron chi connectivity index (χ3n) is 3.08. The number of hydrogen-bond donors (Lipinski definition) is 1. The van der Waals surface area contributed by atoms with Crippen LogP contribution in [0.1, 0.15) is 25.6 Å². The van der Waals surface area contributed by atoms with Crippen molar-refractivity contribution < 1.29 is 0 Å². The molecule has 0 amide bonds. The predicted octanol–water partition coefficient (Wildman–Crippen LogP) is 4.39. The van der Waals surface area contributed by atoms with Gasteiger partial charge < -0.3 is 5.32 Å². The summed E-state index contributed by atoms with van der Waals surface area (Å²) in [6.45, 7) is 4.74. The van der Waals surface area contributed by atoms with Crippen molar-refractivity contribution in [2.75, 3.05) is 5.32 Å². The Hall–Kier alpha value is -1.37. The predicted molar refractivity (Wildman–Crippen MR) is 87.4 cm³/mol. The van der Waals surface area contributed by atoms with Gasteiger partial charge in [-0.15, -0.1) is 0 Å². The van der Waals surface area contributed by atoms with Gasteiger partial charge in [-0.2, -0.15) is 13.8 Å². The van der Waals surface area contributed by atoms with Gasteiger partial charge in [0.05, 0.1) is 39.7 Å². The Balaban J connectivity index is 1.86. The molecule has 0 aliphatic heterocycles. The van der Waals surface area contributed by atoms with E-state index < -0.39 is 0 Å². The fourth-order valence-electron chi connectivity index (χ4n) is 1.98. The molecule has 0 aliphatic rings. The van der Waals surface area contributed by atoms with Crippen LogP contribution in [-0.4, -0.2) is 18.5 Å². The van der Waals surface area contributed by atoms with Crippen LogP contribution in [0.4, 0.5) is 5.69 Å². The maximum absolute atomic E-state index is 6.25. The Morgan fingerprint density at radius 1 is 1.24 bits per heavy atom. The van der Waals surface area contributed by atoms with Gasteiger partial charge in [0.25, 0.3) is 0 Å². The second-order valence-corrected chi connectivity index (χ2v) is 6.25. The van der Waals surface area contributed by atoms with Gasteiger partial charge in [0.1, 0.15) is 11.0 Å². The second-order valence-electron chi connectivity index (χ2n) is 4.91. The lowest BCUT2D eigenvalue weighted by molar-refractivity contribution is 0.527. The third kappa shape index (κ3) is 2.84. The first-order valence-electron chi connectivity index (χ1n) is 6.44. The molecule has 3 rings (SSSR count). The molecule has 2 aromatic heterocycles. The standard InChI is InChI=1S/C13H13Cl2N5S/c1-7(2)20-4-3-8(17-20)6-16-11-9(14)5-10(15)12-13(11)19-21-18-12/h3-5,7,16H,6H2,1-2H3. The van der Waals surface area contributed by atoms with E-state index >= 15 is 0 Å². The van der Waals surface area contributed by atoms with E-state index in [0.717, 1.165) is 23.1 Å². The molecule has 0 unspecified atom stereocenters. The van der Waals surface area contributed by atoms with E-state index in [-0.39, 0.29) is 0 Å². The van der Waals surface area contributed by atoms with Crippen molar-refractivity contribution >= 4 is 51.7 Å². The zero-order valence-electron chi connectivity index (χ0n) is 11.5. The van der Waals surface area contributed by atoms with Gasteiger partial charge in [0.15, 0.2) is 0 Å². The highest BCUT2D eigenvalue weighted by molar-refractivity contribution is 7.00. The van der Waals surface area contributed by atoms with E-state index in [4.69, 9.17) is 23.2 Å². The highest BCUT2D eigenvalue weighted by Crippen LogP contribution is 2.35. The number of rotatable bonds is 4. The van der Waals surface area contributed by atoms with E-state index in [0.29, 0.717) is 33.7 Å². The zero-order chi connectivity index (χ0) is 15.0. The number of benzene rings is 1. The molecule has 0 spiro atoms.